The van der Waals surface area contributed by atoms with Gasteiger partial charge in [-0.2, -0.15) is 0 Å². The van der Waals surface area contributed by atoms with Crippen molar-refractivity contribution in [1.82, 2.24) is 14.9 Å². The van der Waals surface area contributed by atoms with Crippen molar-refractivity contribution in [2.24, 2.45) is 0 Å². The summed E-state index contributed by atoms with van der Waals surface area (Å²) in [7, 11) is 0. The summed E-state index contributed by atoms with van der Waals surface area (Å²) in [6.45, 7) is 8.19. The first-order chi connectivity index (χ1) is 9.41. The lowest BCUT2D eigenvalue weighted by molar-refractivity contribution is 0.0504. The van der Waals surface area contributed by atoms with E-state index in [1.165, 1.54) is 12.6 Å². The number of piperidine rings is 1. The van der Waals surface area contributed by atoms with Crippen LogP contribution < -0.4 is 0 Å². The van der Waals surface area contributed by atoms with Crippen molar-refractivity contribution in [2.75, 3.05) is 0 Å². The third kappa shape index (κ3) is 2.95. The fraction of sp³-hybridized carbons (Fsp3) is 0.667. The van der Waals surface area contributed by atoms with Gasteiger partial charge in [0.25, 0.3) is 5.91 Å². The van der Waals surface area contributed by atoms with Gasteiger partial charge in [-0.3, -0.25) is 4.79 Å². The van der Waals surface area contributed by atoms with Gasteiger partial charge in [-0.15, -0.1) is 0 Å². The molecule has 1 fully saturated rings. The molecule has 2 heterocycles. The van der Waals surface area contributed by atoms with Crippen molar-refractivity contribution in [1.29, 1.82) is 0 Å². The molecule has 1 amide bonds. The number of hydrogen-bond acceptors (Lipinski definition) is 3. The summed E-state index contributed by atoms with van der Waals surface area (Å²) in [5.74, 6) is 0.768. The van der Waals surface area contributed by atoms with Crippen molar-refractivity contribution in [3.05, 3.63) is 22.7 Å². The Kier molecular flexibility index (Phi) is 4.63. The number of rotatable bonds is 2. The molecule has 1 aromatic rings. The second-order valence-electron chi connectivity index (χ2n) is 5.92. The lowest BCUT2D eigenvalue weighted by atomic mass is 9.97. The molecule has 2 atom stereocenters. The first-order valence-electron chi connectivity index (χ1n) is 7.27. The van der Waals surface area contributed by atoms with Gasteiger partial charge in [0.1, 0.15) is 5.82 Å². The Morgan fingerprint density at radius 3 is 2.50 bits per heavy atom. The number of amides is 1. The third-order valence-electron chi connectivity index (χ3n) is 3.91. The SMILES string of the molecule is CC(C)c1ncc(Cl)c(C(=O)N2C(C)CCCC2C)n1. The summed E-state index contributed by atoms with van der Waals surface area (Å²) in [5.41, 5.74) is 0.339. The molecule has 2 rings (SSSR count). The Morgan fingerprint density at radius 2 is 1.95 bits per heavy atom. The standard InChI is InChI=1S/C15H22ClN3O/c1-9(2)14-17-8-12(16)13(18-14)15(20)19-10(3)6-5-7-11(19)4/h8-11H,5-7H2,1-4H3. The Bertz CT molecular complexity index is 494. The molecule has 2 unspecified atom stereocenters. The molecule has 0 N–H and O–H groups in total. The zero-order chi connectivity index (χ0) is 14.9. The lowest BCUT2D eigenvalue weighted by Gasteiger charge is -2.39. The van der Waals surface area contributed by atoms with E-state index in [0.717, 1.165) is 12.8 Å². The zero-order valence-corrected chi connectivity index (χ0v) is 13.3. The van der Waals surface area contributed by atoms with Gasteiger partial charge in [0.05, 0.1) is 11.2 Å². The number of carbonyl (C=O) groups is 1. The maximum absolute atomic E-state index is 12.8. The van der Waals surface area contributed by atoms with Crippen molar-refractivity contribution < 1.29 is 4.79 Å². The molecule has 0 aromatic carbocycles. The van der Waals surface area contributed by atoms with Crippen molar-refractivity contribution in [2.45, 2.75) is 65.0 Å². The van der Waals surface area contributed by atoms with Gasteiger partial charge in [0.2, 0.25) is 0 Å². The second-order valence-corrected chi connectivity index (χ2v) is 6.33. The van der Waals surface area contributed by atoms with E-state index in [-0.39, 0.29) is 23.9 Å². The van der Waals surface area contributed by atoms with E-state index in [2.05, 4.69) is 23.8 Å². The van der Waals surface area contributed by atoms with Crippen LogP contribution in [0.2, 0.25) is 5.02 Å². The normalized spacial score (nSPS) is 23.2. The molecule has 110 valence electrons. The highest BCUT2D eigenvalue weighted by atomic mass is 35.5. The minimum Gasteiger partial charge on any atom is -0.332 e. The predicted octanol–water partition coefficient (Wildman–Crippen LogP) is 3.66. The van der Waals surface area contributed by atoms with Crippen LogP contribution in [-0.4, -0.2) is 32.9 Å². The van der Waals surface area contributed by atoms with Crippen LogP contribution >= 0.6 is 11.6 Å². The van der Waals surface area contributed by atoms with Crippen molar-refractivity contribution in [3.8, 4) is 0 Å². The molecule has 1 saturated heterocycles. The molecular weight excluding hydrogens is 274 g/mol. The molecule has 0 saturated carbocycles. The lowest BCUT2D eigenvalue weighted by Crippen LogP contribution is -2.47. The number of hydrogen-bond donors (Lipinski definition) is 0. The van der Waals surface area contributed by atoms with Crippen LogP contribution in [0.3, 0.4) is 0 Å². The number of likely N-dealkylation sites (tertiary alicyclic amines) is 1. The molecule has 1 aliphatic rings. The van der Waals surface area contributed by atoms with Gasteiger partial charge >= 0.3 is 0 Å². The van der Waals surface area contributed by atoms with Crippen LogP contribution in [-0.2, 0) is 0 Å². The van der Waals surface area contributed by atoms with Crippen LogP contribution in [0.5, 0.6) is 0 Å². The van der Waals surface area contributed by atoms with Crippen LogP contribution in [0.1, 0.15) is 69.2 Å². The summed E-state index contributed by atoms with van der Waals surface area (Å²) in [5, 5.41) is 0.337. The van der Waals surface area contributed by atoms with Gasteiger partial charge in [-0.1, -0.05) is 25.4 Å². The van der Waals surface area contributed by atoms with Crippen molar-refractivity contribution in [3.63, 3.8) is 0 Å². The Labute approximate surface area is 125 Å². The highest BCUT2D eigenvalue weighted by Gasteiger charge is 2.31. The first-order valence-corrected chi connectivity index (χ1v) is 7.64. The van der Waals surface area contributed by atoms with E-state index in [0.29, 0.717) is 16.5 Å². The molecule has 20 heavy (non-hydrogen) atoms. The van der Waals surface area contributed by atoms with E-state index in [9.17, 15) is 4.79 Å². The van der Waals surface area contributed by atoms with E-state index in [1.807, 2.05) is 18.7 Å². The molecule has 5 heteroatoms. The van der Waals surface area contributed by atoms with Gasteiger partial charge in [-0.05, 0) is 33.1 Å². The summed E-state index contributed by atoms with van der Waals surface area (Å²) in [6.07, 6.45) is 4.78. The quantitative estimate of drug-likeness (QED) is 0.836. The van der Waals surface area contributed by atoms with E-state index in [4.69, 9.17) is 11.6 Å². The predicted molar refractivity (Wildman–Crippen MR) is 80.1 cm³/mol. The van der Waals surface area contributed by atoms with Crippen LogP contribution in [0.4, 0.5) is 0 Å². The highest BCUT2D eigenvalue weighted by Crippen LogP contribution is 2.26. The zero-order valence-electron chi connectivity index (χ0n) is 12.6. The number of carbonyl (C=O) groups excluding carboxylic acids is 1. The van der Waals surface area contributed by atoms with Crippen LogP contribution in [0.25, 0.3) is 0 Å². The fourth-order valence-corrected chi connectivity index (χ4v) is 2.92. The first kappa shape index (κ1) is 15.2. The van der Waals surface area contributed by atoms with E-state index in [1.54, 1.807) is 0 Å². The Hall–Kier alpha value is -1.16. The molecule has 0 spiro atoms. The summed E-state index contributed by atoms with van der Waals surface area (Å²) >= 11 is 6.14. The topological polar surface area (TPSA) is 46.1 Å². The van der Waals surface area contributed by atoms with Gasteiger partial charge < -0.3 is 4.90 Å². The van der Waals surface area contributed by atoms with Crippen LogP contribution in [0, 0.1) is 0 Å². The number of nitrogens with zero attached hydrogens (tertiary/aromatic N) is 3. The average molecular weight is 296 g/mol. The molecule has 0 radical (unpaired) electrons. The van der Waals surface area contributed by atoms with Gasteiger partial charge in [0.15, 0.2) is 5.69 Å². The minimum absolute atomic E-state index is 0.0704. The molecular formula is C15H22ClN3O. The Morgan fingerprint density at radius 1 is 1.35 bits per heavy atom. The summed E-state index contributed by atoms with van der Waals surface area (Å²) in [6, 6.07) is 0.472. The summed E-state index contributed by atoms with van der Waals surface area (Å²) < 4.78 is 0. The second kappa shape index (κ2) is 6.08. The minimum atomic E-state index is -0.0704. The molecule has 0 aliphatic carbocycles. The largest absolute Gasteiger partial charge is 0.332 e. The van der Waals surface area contributed by atoms with E-state index < -0.39 is 0 Å². The van der Waals surface area contributed by atoms with Gasteiger partial charge in [0, 0.05) is 18.0 Å². The smallest absolute Gasteiger partial charge is 0.274 e. The monoisotopic (exact) mass is 295 g/mol. The molecule has 0 bridgehead atoms. The fourth-order valence-electron chi connectivity index (χ4n) is 2.75. The molecule has 4 nitrogen and oxygen atoms in total. The van der Waals surface area contributed by atoms with Crippen LogP contribution in [0.15, 0.2) is 6.20 Å². The third-order valence-corrected chi connectivity index (χ3v) is 4.19. The summed E-state index contributed by atoms with van der Waals surface area (Å²) in [4.78, 5) is 23.3. The number of halogens is 1. The number of aromatic nitrogens is 2. The highest BCUT2D eigenvalue weighted by molar-refractivity contribution is 6.33. The van der Waals surface area contributed by atoms with Gasteiger partial charge in [-0.25, -0.2) is 9.97 Å². The average Bonchev–Trinajstić information content (AvgIpc) is 2.38. The van der Waals surface area contributed by atoms with Crippen molar-refractivity contribution >= 4 is 17.5 Å². The molecule has 1 aromatic heterocycles. The maximum atomic E-state index is 12.8. The van der Waals surface area contributed by atoms with E-state index >= 15 is 0 Å². The Balaban J connectivity index is 2.34. The molecule has 1 aliphatic heterocycles. The maximum Gasteiger partial charge on any atom is 0.274 e.